The molecule has 1 aromatic heterocycles. The third-order valence-corrected chi connectivity index (χ3v) is 2.62. The van der Waals surface area contributed by atoms with E-state index in [2.05, 4.69) is 20.2 Å². The van der Waals surface area contributed by atoms with Gasteiger partial charge in [-0.2, -0.15) is 0 Å². The molecule has 0 unspecified atom stereocenters. The van der Waals surface area contributed by atoms with E-state index in [0.717, 1.165) is 19.0 Å². The fourth-order valence-electron chi connectivity index (χ4n) is 1.49. The molecule has 0 bridgehead atoms. The molecule has 0 amide bonds. The Balaban J connectivity index is 0.00000162. The van der Waals surface area contributed by atoms with E-state index in [1.807, 2.05) is 7.05 Å². The Bertz CT molecular complexity index is 399. The summed E-state index contributed by atoms with van der Waals surface area (Å²) in [6.07, 6.45) is 1.57. The van der Waals surface area contributed by atoms with E-state index >= 15 is 0 Å². The summed E-state index contributed by atoms with van der Waals surface area (Å²) in [4.78, 5) is 10.4. The van der Waals surface area contributed by atoms with Crippen molar-refractivity contribution >= 4 is 41.5 Å². The standard InChI is InChI=1S/C11H15ClN4O.HI/c1-16-6-4-13-11(16)14-5-7-17-10-3-2-9(12)8-15-10;/h2-3,8H,4-7H2,1H3,(H,13,14);1H. The molecule has 1 N–H and O–H groups in total. The van der Waals surface area contributed by atoms with E-state index in [9.17, 15) is 0 Å². The number of rotatable bonds is 4. The van der Waals surface area contributed by atoms with Gasteiger partial charge in [-0.15, -0.1) is 24.0 Å². The molecule has 1 aromatic rings. The zero-order valence-corrected chi connectivity index (χ0v) is 13.2. The number of likely N-dealkylation sites (N-methyl/N-ethyl adjacent to an activating group) is 1. The van der Waals surface area contributed by atoms with Crippen molar-refractivity contribution < 1.29 is 4.74 Å². The van der Waals surface area contributed by atoms with Crippen LogP contribution in [0.4, 0.5) is 0 Å². The lowest BCUT2D eigenvalue weighted by Gasteiger charge is -2.15. The number of nitrogens with zero attached hydrogens (tertiary/aromatic N) is 3. The Morgan fingerprint density at radius 3 is 2.94 bits per heavy atom. The number of aromatic nitrogens is 1. The molecule has 5 nitrogen and oxygen atoms in total. The Morgan fingerprint density at radius 1 is 1.50 bits per heavy atom. The largest absolute Gasteiger partial charge is 0.476 e. The number of hydrogen-bond acceptors (Lipinski definition) is 5. The molecular formula is C11H16ClIN4O. The van der Waals surface area contributed by atoms with Crippen LogP contribution in [0.1, 0.15) is 0 Å². The molecule has 7 heteroatoms. The second-order valence-corrected chi connectivity index (χ2v) is 4.15. The molecular weight excluding hydrogens is 367 g/mol. The first-order chi connectivity index (χ1) is 8.25. The molecule has 18 heavy (non-hydrogen) atoms. The maximum atomic E-state index is 5.72. The number of aliphatic imine (C=N–C) groups is 1. The Morgan fingerprint density at radius 2 is 2.33 bits per heavy atom. The van der Waals surface area contributed by atoms with E-state index in [1.54, 1.807) is 18.3 Å². The highest BCUT2D eigenvalue weighted by Gasteiger charge is 2.10. The molecule has 1 aliphatic rings. The summed E-state index contributed by atoms with van der Waals surface area (Å²) < 4.78 is 5.45. The minimum Gasteiger partial charge on any atom is -0.476 e. The molecule has 0 aliphatic carbocycles. The van der Waals surface area contributed by atoms with E-state index in [-0.39, 0.29) is 24.0 Å². The van der Waals surface area contributed by atoms with Gasteiger partial charge in [0.15, 0.2) is 5.96 Å². The normalized spacial score (nSPS) is 13.9. The number of pyridine rings is 1. The molecule has 0 atom stereocenters. The van der Waals surface area contributed by atoms with Gasteiger partial charge in [0.25, 0.3) is 0 Å². The van der Waals surface area contributed by atoms with Gasteiger partial charge in [-0.05, 0) is 6.07 Å². The fourth-order valence-corrected chi connectivity index (χ4v) is 1.60. The molecule has 2 rings (SSSR count). The minimum absolute atomic E-state index is 0. The summed E-state index contributed by atoms with van der Waals surface area (Å²) in [5, 5.41) is 3.82. The average Bonchev–Trinajstić information content (AvgIpc) is 2.73. The van der Waals surface area contributed by atoms with Crippen LogP contribution in [0.25, 0.3) is 0 Å². The van der Waals surface area contributed by atoms with Crippen molar-refractivity contribution in [2.24, 2.45) is 4.99 Å². The Kier molecular flexibility index (Phi) is 6.48. The monoisotopic (exact) mass is 382 g/mol. The zero-order chi connectivity index (χ0) is 12.1. The number of guanidine groups is 1. The van der Waals surface area contributed by atoms with Gasteiger partial charge in [0.05, 0.1) is 18.1 Å². The summed E-state index contributed by atoms with van der Waals surface area (Å²) in [5.74, 6) is 1.51. The van der Waals surface area contributed by atoms with Crippen molar-refractivity contribution in [1.29, 1.82) is 0 Å². The zero-order valence-electron chi connectivity index (χ0n) is 10.1. The highest BCUT2D eigenvalue weighted by molar-refractivity contribution is 14.0. The predicted molar refractivity (Wildman–Crippen MR) is 83.1 cm³/mol. The third kappa shape index (κ3) is 4.49. The smallest absolute Gasteiger partial charge is 0.213 e. The van der Waals surface area contributed by atoms with Crippen LogP contribution in [0.5, 0.6) is 5.88 Å². The molecule has 100 valence electrons. The van der Waals surface area contributed by atoms with Gasteiger partial charge in [0.2, 0.25) is 5.88 Å². The molecule has 0 aromatic carbocycles. The van der Waals surface area contributed by atoms with Crippen molar-refractivity contribution in [3.63, 3.8) is 0 Å². The van der Waals surface area contributed by atoms with E-state index in [4.69, 9.17) is 16.3 Å². The van der Waals surface area contributed by atoms with Gasteiger partial charge in [-0.1, -0.05) is 11.6 Å². The second kappa shape index (κ2) is 7.63. The van der Waals surface area contributed by atoms with E-state index < -0.39 is 0 Å². The topological polar surface area (TPSA) is 49.8 Å². The molecule has 0 saturated carbocycles. The molecule has 0 spiro atoms. The van der Waals surface area contributed by atoms with Crippen LogP contribution in [-0.2, 0) is 0 Å². The first-order valence-corrected chi connectivity index (χ1v) is 5.87. The third-order valence-electron chi connectivity index (χ3n) is 2.39. The van der Waals surface area contributed by atoms with Crippen molar-refractivity contribution in [2.75, 3.05) is 33.3 Å². The fraction of sp³-hybridized carbons (Fsp3) is 0.455. The Labute approximate surface area is 129 Å². The minimum atomic E-state index is 0. The van der Waals surface area contributed by atoms with E-state index in [0.29, 0.717) is 24.1 Å². The summed E-state index contributed by atoms with van der Waals surface area (Å²) in [6, 6.07) is 3.51. The van der Waals surface area contributed by atoms with Crippen LogP contribution in [0, 0.1) is 0 Å². The predicted octanol–water partition coefficient (Wildman–Crippen LogP) is 1.62. The molecule has 0 fully saturated rings. The van der Waals surface area contributed by atoms with Gasteiger partial charge >= 0.3 is 0 Å². The second-order valence-electron chi connectivity index (χ2n) is 3.72. The van der Waals surface area contributed by atoms with Gasteiger partial charge in [0, 0.05) is 25.9 Å². The number of ether oxygens (including phenoxy) is 1. The molecule has 0 saturated heterocycles. The summed E-state index contributed by atoms with van der Waals surface area (Å²) in [6.45, 7) is 3.08. The van der Waals surface area contributed by atoms with Crippen molar-refractivity contribution in [3.05, 3.63) is 23.4 Å². The van der Waals surface area contributed by atoms with Crippen molar-refractivity contribution in [1.82, 2.24) is 15.2 Å². The van der Waals surface area contributed by atoms with Crippen LogP contribution < -0.4 is 10.1 Å². The lowest BCUT2D eigenvalue weighted by molar-refractivity contribution is 0.308. The van der Waals surface area contributed by atoms with Crippen LogP contribution >= 0.6 is 35.6 Å². The highest BCUT2D eigenvalue weighted by Crippen LogP contribution is 2.10. The summed E-state index contributed by atoms with van der Waals surface area (Å²) >= 11 is 5.72. The number of hydrogen-bond donors (Lipinski definition) is 1. The van der Waals surface area contributed by atoms with Gasteiger partial charge in [-0.25, -0.2) is 4.98 Å². The maximum Gasteiger partial charge on any atom is 0.213 e. The van der Waals surface area contributed by atoms with Crippen molar-refractivity contribution in [3.8, 4) is 5.88 Å². The van der Waals surface area contributed by atoms with Crippen LogP contribution in [0.3, 0.4) is 0 Å². The summed E-state index contributed by atoms with van der Waals surface area (Å²) in [7, 11) is 2.01. The lowest BCUT2D eigenvalue weighted by atomic mass is 10.5. The first kappa shape index (κ1) is 15.3. The van der Waals surface area contributed by atoms with Crippen molar-refractivity contribution in [2.45, 2.75) is 0 Å². The van der Waals surface area contributed by atoms with Crippen LogP contribution in [-0.4, -0.2) is 49.1 Å². The quantitative estimate of drug-likeness (QED) is 0.635. The first-order valence-electron chi connectivity index (χ1n) is 5.49. The van der Waals surface area contributed by atoms with E-state index in [1.165, 1.54) is 0 Å². The number of halogens is 2. The average molecular weight is 383 g/mol. The Hall–Kier alpha value is -0.760. The molecule has 1 aliphatic heterocycles. The molecule has 2 heterocycles. The van der Waals surface area contributed by atoms with Gasteiger partial charge < -0.3 is 15.0 Å². The van der Waals surface area contributed by atoms with Gasteiger partial charge in [0.1, 0.15) is 6.61 Å². The molecule has 0 radical (unpaired) electrons. The van der Waals surface area contributed by atoms with Crippen LogP contribution in [0.2, 0.25) is 5.02 Å². The number of nitrogens with one attached hydrogen (secondary N) is 1. The summed E-state index contributed by atoms with van der Waals surface area (Å²) in [5.41, 5.74) is 0. The SMILES string of the molecule is CN1CCN=C1NCCOc1ccc(Cl)cn1.I. The van der Waals surface area contributed by atoms with Gasteiger partial charge in [-0.3, -0.25) is 4.99 Å². The maximum absolute atomic E-state index is 5.72. The highest BCUT2D eigenvalue weighted by atomic mass is 127. The van der Waals surface area contributed by atoms with Crippen LogP contribution in [0.15, 0.2) is 23.3 Å². The lowest BCUT2D eigenvalue weighted by Crippen LogP contribution is -2.37.